The van der Waals surface area contributed by atoms with Crippen molar-refractivity contribution in [3.05, 3.63) is 53.0 Å². The van der Waals surface area contributed by atoms with Crippen molar-refractivity contribution in [2.75, 3.05) is 35.9 Å². The number of carbonyl (C=O) groups excluding carboxylic acids is 3. The number of thiazole rings is 1. The van der Waals surface area contributed by atoms with Crippen LogP contribution in [0.2, 0.25) is 0 Å². The highest BCUT2D eigenvalue weighted by Crippen LogP contribution is 2.40. The fraction of sp³-hybridized carbons (Fsp3) is 0.515. The van der Waals surface area contributed by atoms with E-state index in [1.54, 1.807) is 13.0 Å². The first-order valence-corrected chi connectivity index (χ1v) is 17.5. The molecule has 3 heterocycles. The van der Waals surface area contributed by atoms with Gasteiger partial charge in [0.15, 0.2) is 0 Å². The highest BCUT2D eigenvalue weighted by Gasteiger charge is 2.42. The summed E-state index contributed by atoms with van der Waals surface area (Å²) in [6.45, 7) is 8.56. The van der Waals surface area contributed by atoms with E-state index >= 15 is 0 Å². The number of carbonyl (C=O) groups is 3. The van der Waals surface area contributed by atoms with E-state index in [0.717, 1.165) is 26.5 Å². The van der Waals surface area contributed by atoms with Crippen molar-refractivity contribution in [2.45, 2.75) is 71.9 Å². The highest BCUT2D eigenvalue weighted by atomic mass is 32.2. The van der Waals surface area contributed by atoms with Crippen LogP contribution in [-0.4, -0.2) is 74.9 Å². The third-order valence-corrected chi connectivity index (χ3v) is 10.4. The molecule has 0 radical (unpaired) electrons. The molecule has 248 valence electrons. The van der Waals surface area contributed by atoms with Crippen LogP contribution in [0.15, 0.2) is 42.5 Å². The minimum absolute atomic E-state index is 0.0129. The van der Waals surface area contributed by atoms with Crippen LogP contribution in [0.1, 0.15) is 57.5 Å². The SMILES string of the molecule is CCOC(=O)C1CC(CCOC(C)=O)CCN1C(=O)C(Cc1nc2ccccc2s1)N(c1cccc2c1NCC(C)(C)C2)S(=O)[O-]. The first kappa shape index (κ1) is 33.8. The lowest BCUT2D eigenvalue weighted by atomic mass is 9.82. The van der Waals surface area contributed by atoms with E-state index in [9.17, 15) is 23.1 Å². The number of hydrogen-bond acceptors (Lipinski definition) is 10. The second-order valence-electron chi connectivity index (χ2n) is 12.7. The first-order chi connectivity index (χ1) is 22.0. The Balaban J connectivity index is 1.53. The summed E-state index contributed by atoms with van der Waals surface area (Å²) in [5, 5.41) is 4.04. The standard InChI is InChI=1S/C33H42N4O7S2/c1-5-43-32(40)27-17-22(14-16-44-21(2)38)13-15-36(27)31(39)26(18-29-35-24-10-6-7-12-28(24)45-29)37(46(41)42)25-11-8-9-23-19-33(3,4)20-34-30(23)25/h6-12,22,26-27,34H,5,13-20H2,1-4H3,(H,41,42)/p-1. The van der Waals surface area contributed by atoms with Crippen molar-refractivity contribution >= 4 is 62.0 Å². The Hall–Kier alpha value is -3.55. The van der Waals surface area contributed by atoms with Gasteiger partial charge in [-0.15, -0.1) is 11.3 Å². The number of benzene rings is 2. The maximum atomic E-state index is 14.7. The molecule has 1 aromatic heterocycles. The fourth-order valence-corrected chi connectivity index (χ4v) is 8.10. The Bertz CT molecular complexity index is 1580. The average Bonchev–Trinajstić information content (AvgIpc) is 3.42. The van der Waals surface area contributed by atoms with Gasteiger partial charge >= 0.3 is 11.9 Å². The van der Waals surface area contributed by atoms with Crippen LogP contribution in [-0.2, 0) is 48.0 Å². The molecule has 3 aromatic rings. The van der Waals surface area contributed by atoms with E-state index < -0.39 is 35.2 Å². The molecule has 5 rings (SSSR count). The van der Waals surface area contributed by atoms with Crippen LogP contribution >= 0.6 is 11.3 Å². The Morgan fingerprint density at radius 3 is 2.70 bits per heavy atom. The Morgan fingerprint density at radius 1 is 1.20 bits per heavy atom. The number of para-hydroxylation sites is 2. The summed E-state index contributed by atoms with van der Waals surface area (Å²) in [6, 6.07) is 11.0. The van der Waals surface area contributed by atoms with Crippen molar-refractivity contribution in [3.8, 4) is 0 Å². The first-order valence-electron chi connectivity index (χ1n) is 15.7. The largest absolute Gasteiger partial charge is 0.755 e. The zero-order chi connectivity index (χ0) is 33.0. The monoisotopic (exact) mass is 669 g/mol. The summed E-state index contributed by atoms with van der Waals surface area (Å²) in [6.07, 6.45) is 2.18. The number of piperidine rings is 1. The third-order valence-electron chi connectivity index (χ3n) is 8.60. The maximum Gasteiger partial charge on any atom is 0.328 e. The number of nitrogens with zero attached hydrogens (tertiary/aromatic N) is 3. The number of aromatic nitrogens is 1. The van der Waals surface area contributed by atoms with Gasteiger partial charge in [-0.2, -0.15) is 0 Å². The Morgan fingerprint density at radius 2 is 1.98 bits per heavy atom. The minimum Gasteiger partial charge on any atom is -0.755 e. The van der Waals surface area contributed by atoms with Crippen LogP contribution in [0, 0.1) is 11.3 Å². The molecular formula is C33H41N4O7S2-. The van der Waals surface area contributed by atoms with Crippen LogP contribution in [0.4, 0.5) is 11.4 Å². The van der Waals surface area contributed by atoms with Crippen LogP contribution < -0.4 is 9.62 Å². The quantitative estimate of drug-likeness (QED) is 0.229. The molecule has 2 aliphatic heterocycles. The molecule has 13 heteroatoms. The predicted octanol–water partition coefficient (Wildman–Crippen LogP) is 4.63. The lowest BCUT2D eigenvalue weighted by Crippen LogP contribution is -2.58. The molecule has 0 bridgehead atoms. The third kappa shape index (κ3) is 7.69. The normalized spacial score (nSPS) is 20.2. The van der Waals surface area contributed by atoms with Crippen molar-refractivity contribution in [1.82, 2.24) is 9.88 Å². The summed E-state index contributed by atoms with van der Waals surface area (Å²) in [5.74, 6) is -1.39. The molecule has 4 atom stereocenters. The summed E-state index contributed by atoms with van der Waals surface area (Å²) >= 11 is -1.44. The van der Waals surface area contributed by atoms with Gasteiger partial charge in [-0.05, 0) is 67.7 Å². The molecule has 0 spiro atoms. The van der Waals surface area contributed by atoms with E-state index in [0.29, 0.717) is 42.2 Å². The number of amides is 1. The van der Waals surface area contributed by atoms with Gasteiger partial charge in [0.05, 0.1) is 39.8 Å². The Kier molecular flexibility index (Phi) is 10.6. The van der Waals surface area contributed by atoms with E-state index in [1.165, 1.54) is 23.2 Å². The minimum atomic E-state index is -2.85. The summed E-state index contributed by atoms with van der Waals surface area (Å²) in [4.78, 5) is 45.6. The summed E-state index contributed by atoms with van der Waals surface area (Å²) < 4.78 is 39.1. The predicted molar refractivity (Wildman–Crippen MR) is 177 cm³/mol. The van der Waals surface area contributed by atoms with Crippen molar-refractivity contribution in [2.24, 2.45) is 11.3 Å². The molecule has 2 aliphatic rings. The second kappa shape index (κ2) is 14.5. The van der Waals surface area contributed by atoms with Gasteiger partial charge in [0, 0.05) is 37.7 Å². The molecule has 1 saturated heterocycles. The lowest BCUT2D eigenvalue weighted by Gasteiger charge is -2.43. The number of hydrogen-bond donors (Lipinski definition) is 1. The van der Waals surface area contributed by atoms with E-state index in [4.69, 9.17) is 14.5 Å². The zero-order valence-corrected chi connectivity index (χ0v) is 28.3. The molecule has 0 aliphatic carbocycles. The number of ether oxygens (including phenoxy) is 2. The molecule has 2 aromatic carbocycles. The number of rotatable bonds is 11. The number of nitrogens with one attached hydrogen (secondary N) is 1. The Labute approximate surface area is 276 Å². The van der Waals surface area contributed by atoms with Crippen molar-refractivity contribution < 1.29 is 32.6 Å². The number of anilines is 2. The van der Waals surface area contributed by atoms with E-state index in [-0.39, 0.29) is 43.5 Å². The molecular weight excluding hydrogens is 629 g/mol. The number of likely N-dealkylation sites (tertiary alicyclic amines) is 1. The van der Waals surface area contributed by atoms with Crippen LogP contribution in [0.25, 0.3) is 10.2 Å². The van der Waals surface area contributed by atoms with Crippen molar-refractivity contribution in [3.63, 3.8) is 0 Å². The van der Waals surface area contributed by atoms with Gasteiger partial charge in [0.2, 0.25) is 5.91 Å². The molecule has 46 heavy (non-hydrogen) atoms. The fourth-order valence-electron chi connectivity index (χ4n) is 6.41. The van der Waals surface area contributed by atoms with Crippen LogP contribution in [0.5, 0.6) is 0 Å². The molecule has 11 nitrogen and oxygen atoms in total. The zero-order valence-electron chi connectivity index (χ0n) is 26.7. The van der Waals surface area contributed by atoms with Crippen LogP contribution in [0.3, 0.4) is 0 Å². The van der Waals surface area contributed by atoms with Gasteiger partial charge in [0.1, 0.15) is 12.1 Å². The molecule has 1 fully saturated rings. The topological polar surface area (TPSA) is 141 Å². The van der Waals surface area contributed by atoms with E-state index in [1.807, 2.05) is 36.4 Å². The number of esters is 2. The average molecular weight is 670 g/mol. The smallest absolute Gasteiger partial charge is 0.328 e. The summed E-state index contributed by atoms with van der Waals surface area (Å²) in [5.41, 5.74) is 2.76. The summed E-state index contributed by atoms with van der Waals surface area (Å²) in [7, 11) is 0. The number of fused-ring (bicyclic) bond motifs is 2. The second-order valence-corrected chi connectivity index (χ2v) is 14.6. The van der Waals surface area contributed by atoms with E-state index in [2.05, 4.69) is 19.2 Å². The van der Waals surface area contributed by atoms with Gasteiger partial charge in [0.25, 0.3) is 0 Å². The molecule has 0 saturated carbocycles. The van der Waals surface area contributed by atoms with Gasteiger partial charge in [-0.25, -0.2) is 9.78 Å². The molecule has 1 amide bonds. The van der Waals surface area contributed by atoms with Gasteiger partial charge in [-0.1, -0.05) is 38.1 Å². The van der Waals surface area contributed by atoms with Gasteiger partial charge in [-0.3, -0.25) is 18.1 Å². The molecule has 1 N–H and O–H groups in total. The van der Waals surface area contributed by atoms with Crippen molar-refractivity contribution in [1.29, 1.82) is 0 Å². The maximum absolute atomic E-state index is 14.7. The lowest BCUT2D eigenvalue weighted by molar-refractivity contribution is -0.158. The van der Waals surface area contributed by atoms with Gasteiger partial charge < -0.3 is 24.2 Å². The molecule has 4 unspecified atom stereocenters. The highest BCUT2D eigenvalue weighted by molar-refractivity contribution is 7.80.